The van der Waals surface area contributed by atoms with Gasteiger partial charge < -0.3 is 4.52 Å². The van der Waals surface area contributed by atoms with Crippen LogP contribution >= 0.6 is 12.6 Å². The van der Waals surface area contributed by atoms with Gasteiger partial charge in [0.2, 0.25) is 0 Å². The lowest BCUT2D eigenvalue weighted by Gasteiger charge is -2.37. The molecule has 0 amide bonds. The number of benzene rings is 1. The number of aromatic nitrogens is 1. The van der Waals surface area contributed by atoms with Gasteiger partial charge >= 0.3 is 0 Å². The molecule has 0 N–H and O–H groups in total. The summed E-state index contributed by atoms with van der Waals surface area (Å²) in [4.78, 5) is 15.1. The first-order chi connectivity index (χ1) is 12.6. The lowest BCUT2D eigenvalue weighted by molar-refractivity contribution is -0.126. The molecule has 2 aliphatic rings. The number of hydrogen-bond acceptors (Lipinski definition) is 5. The minimum absolute atomic E-state index is 0.0648. The number of halogens is 1. The van der Waals surface area contributed by atoms with Crippen molar-refractivity contribution in [1.29, 1.82) is 0 Å². The molecule has 2 fully saturated rings. The molecule has 6 heteroatoms. The van der Waals surface area contributed by atoms with Gasteiger partial charge in [0.1, 0.15) is 5.82 Å². The molecule has 1 saturated carbocycles. The van der Waals surface area contributed by atoms with Gasteiger partial charge in [0, 0.05) is 35.9 Å². The van der Waals surface area contributed by atoms with Gasteiger partial charge in [-0.15, -0.1) is 0 Å². The van der Waals surface area contributed by atoms with Crippen LogP contribution < -0.4 is 0 Å². The van der Waals surface area contributed by atoms with E-state index < -0.39 is 6.04 Å². The Balaban J connectivity index is 1.65. The zero-order valence-corrected chi connectivity index (χ0v) is 15.2. The van der Waals surface area contributed by atoms with Gasteiger partial charge in [0.15, 0.2) is 11.5 Å². The van der Waals surface area contributed by atoms with E-state index >= 15 is 0 Å². The Labute approximate surface area is 157 Å². The summed E-state index contributed by atoms with van der Waals surface area (Å²) in [6, 6.07) is 7.86. The largest absolute Gasteiger partial charge is 0.357 e. The van der Waals surface area contributed by atoms with E-state index in [1.165, 1.54) is 6.07 Å². The molecular weight excluding hydrogens is 351 g/mol. The number of nitrogens with zero attached hydrogens (tertiary/aromatic N) is 2. The quantitative estimate of drug-likeness (QED) is 0.808. The standard InChI is InChI=1S/C20H21FN2O2S/c21-17-4-2-1-3-16(17)19(20(24)13-5-6-13)23-10-8-18(26)14(12-23)11-15-7-9-22-25-15/h1-4,7,9,11,13,18-19,26H,5-6,8,10,12H2/b14-11+. The zero-order valence-electron chi connectivity index (χ0n) is 14.3. The van der Waals surface area contributed by atoms with Crippen molar-refractivity contribution < 1.29 is 13.7 Å². The van der Waals surface area contributed by atoms with E-state index in [2.05, 4.69) is 22.7 Å². The van der Waals surface area contributed by atoms with Crippen LogP contribution in [-0.4, -0.2) is 34.2 Å². The summed E-state index contributed by atoms with van der Waals surface area (Å²) in [7, 11) is 0. The summed E-state index contributed by atoms with van der Waals surface area (Å²) in [5.74, 6) is 0.541. The van der Waals surface area contributed by atoms with Crippen LogP contribution in [0.4, 0.5) is 4.39 Å². The summed E-state index contributed by atoms with van der Waals surface area (Å²) in [5.41, 5.74) is 1.53. The van der Waals surface area contributed by atoms with Crippen LogP contribution in [-0.2, 0) is 4.79 Å². The molecule has 2 aromatic rings. The number of ketones is 1. The van der Waals surface area contributed by atoms with Gasteiger partial charge in [-0.2, -0.15) is 12.6 Å². The summed E-state index contributed by atoms with van der Waals surface area (Å²) >= 11 is 4.67. The average molecular weight is 372 g/mol. The van der Waals surface area contributed by atoms with Gasteiger partial charge in [0.25, 0.3) is 0 Å². The molecule has 4 rings (SSSR count). The fraction of sp³-hybridized carbons (Fsp3) is 0.400. The number of likely N-dealkylation sites (tertiary alicyclic amines) is 1. The van der Waals surface area contributed by atoms with Crippen LogP contribution in [0.5, 0.6) is 0 Å². The van der Waals surface area contributed by atoms with E-state index in [1.54, 1.807) is 30.5 Å². The Hall–Kier alpha value is -1.92. The topological polar surface area (TPSA) is 46.3 Å². The molecule has 1 aromatic carbocycles. The molecule has 2 unspecified atom stereocenters. The molecule has 2 heterocycles. The highest BCUT2D eigenvalue weighted by atomic mass is 32.1. The molecule has 0 spiro atoms. The lowest BCUT2D eigenvalue weighted by Crippen LogP contribution is -2.42. The highest BCUT2D eigenvalue weighted by molar-refractivity contribution is 7.81. The number of hydrogen-bond donors (Lipinski definition) is 1. The van der Waals surface area contributed by atoms with E-state index in [0.29, 0.717) is 24.4 Å². The fourth-order valence-electron chi connectivity index (χ4n) is 3.56. The zero-order chi connectivity index (χ0) is 18.1. The number of carbonyl (C=O) groups excluding carboxylic acids is 1. The number of carbonyl (C=O) groups is 1. The first-order valence-electron chi connectivity index (χ1n) is 8.95. The molecule has 1 aliphatic carbocycles. The Kier molecular flexibility index (Phi) is 4.96. The van der Waals surface area contributed by atoms with Crippen LogP contribution in [0.3, 0.4) is 0 Å². The van der Waals surface area contributed by atoms with Crippen LogP contribution in [0.2, 0.25) is 0 Å². The molecule has 4 nitrogen and oxygen atoms in total. The fourth-order valence-corrected chi connectivity index (χ4v) is 3.83. The van der Waals surface area contributed by atoms with E-state index in [9.17, 15) is 9.18 Å². The van der Waals surface area contributed by atoms with Crippen molar-refractivity contribution in [2.45, 2.75) is 30.6 Å². The van der Waals surface area contributed by atoms with E-state index in [0.717, 1.165) is 24.8 Å². The van der Waals surface area contributed by atoms with Crippen LogP contribution in [0.1, 0.15) is 36.6 Å². The lowest BCUT2D eigenvalue weighted by atomic mass is 9.93. The third-order valence-corrected chi connectivity index (χ3v) is 5.69. The molecule has 136 valence electrons. The molecule has 0 bridgehead atoms. The second-order valence-corrected chi connectivity index (χ2v) is 7.63. The molecule has 0 radical (unpaired) electrons. The minimum atomic E-state index is -0.539. The molecule has 1 aliphatic heterocycles. The number of piperidine rings is 1. The number of Topliss-reactive ketones (excluding diaryl/α,β-unsaturated/α-hetero) is 1. The highest BCUT2D eigenvalue weighted by Crippen LogP contribution is 2.39. The molecule has 1 aromatic heterocycles. The Bertz CT molecular complexity index is 817. The maximum Gasteiger partial charge on any atom is 0.159 e. The SMILES string of the molecule is O=C(C1CC1)C(c1ccccc1F)N1CCC(S)/C(=C/c2ccno2)C1. The number of thiol groups is 1. The van der Waals surface area contributed by atoms with Crippen molar-refractivity contribution in [2.75, 3.05) is 13.1 Å². The Morgan fingerprint density at radius 1 is 1.31 bits per heavy atom. The summed E-state index contributed by atoms with van der Waals surface area (Å²) in [6.45, 7) is 1.27. The average Bonchev–Trinajstić information content (AvgIpc) is 3.37. The van der Waals surface area contributed by atoms with Crippen molar-refractivity contribution in [3.05, 3.63) is 59.2 Å². The van der Waals surface area contributed by atoms with Gasteiger partial charge in [-0.25, -0.2) is 4.39 Å². The molecule has 2 atom stereocenters. The van der Waals surface area contributed by atoms with Gasteiger partial charge in [0.05, 0.1) is 12.2 Å². The minimum Gasteiger partial charge on any atom is -0.357 e. The van der Waals surface area contributed by atoms with Crippen LogP contribution in [0, 0.1) is 11.7 Å². The van der Waals surface area contributed by atoms with Crippen molar-refractivity contribution in [3.8, 4) is 0 Å². The smallest absolute Gasteiger partial charge is 0.159 e. The summed E-state index contributed by atoms with van der Waals surface area (Å²) < 4.78 is 19.7. The van der Waals surface area contributed by atoms with E-state index in [4.69, 9.17) is 4.52 Å². The van der Waals surface area contributed by atoms with E-state index in [1.807, 2.05) is 6.08 Å². The molecule has 26 heavy (non-hydrogen) atoms. The van der Waals surface area contributed by atoms with Crippen LogP contribution in [0.25, 0.3) is 6.08 Å². The predicted molar refractivity (Wildman–Crippen MR) is 100 cm³/mol. The second-order valence-electron chi connectivity index (χ2n) is 7.01. The van der Waals surface area contributed by atoms with Crippen molar-refractivity contribution >= 4 is 24.5 Å². The van der Waals surface area contributed by atoms with Gasteiger partial charge in [-0.05, 0) is 37.0 Å². The first-order valence-corrected chi connectivity index (χ1v) is 9.46. The maximum atomic E-state index is 14.5. The van der Waals surface area contributed by atoms with Crippen molar-refractivity contribution in [1.82, 2.24) is 10.1 Å². The molecular formula is C20H21FN2O2S. The van der Waals surface area contributed by atoms with Gasteiger partial charge in [-0.3, -0.25) is 9.69 Å². The third kappa shape index (κ3) is 3.62. The van der Waals surface area contributed by atoms with Crippen molar-refractivity contribution in [3.63, 3.8) is 0 Å². The Morgan fingerprint density at radius 3 is 2.81 bits per heavy atom. The monoisotopic (exact) mass is 372 g/mol. The third-order valence-electron chi connectivity index (χ3n) is 5.10. The summed E-state index contributed by atoms with van der Waals surface area (Å²) in [5, 5.41) is 3.82. The molecule has 1 saturated heterocycles. The summed E-state index contributed by atoms with van der Waals surface area (Å²) in [6.07, 6.45) is 6.14. The number of rotatable bonds is 5. The Morgan fingerprint density at radius 2 is 2.12 bits per heavy atom. The predicted octanol–water partition coefficient (Wildman–Crippen LogP) is 3.92. The maximum absolute atomic E-state index is 14.5. The van der Waals surface area contributed by atoms with Gasteiger partial charge in [-0.1, -0.05) is 23.4 Å². The normalized spacial score (nSPS) is 23.9. The van der Waals surface area contributed by atoms with Crippen LogP contribution in [0.15, 0.2) is 46.6 Å². The second kappa shape index (κ2) is 7.37. The van der Waals surface area contributed by atoms with Crippen molar-refractivity contribution in [2.24, 2.45) is 5.92 Å². The first kappa shape index (κ1) is 17.5. The highest BCUT2D eigenvalue weighted by Gasteiger charge is 2.40. The van der Waals surface area contributed by atoms with E-state index in [-0.39, 0.29) is 22.8 Å².